The van der Waals surface area contributed by atoms with Crippen LogP contribution in [0.15, 0.2) is 0 Å². The monoisotopic (exact) mass is 266 g/mol. The van der Waals surface area contributed by atoms with E-state index in [0.717, 1.165) is 18.8 Å². The third-order valence-corrected chi connectivity index (χ3v) is 4.82. The van der Waals surface area contributed by atoms with E-state index in [1.165, 1.54) is 32.1 Å². The first-order chi connectivity index (χ1) is 9.11. The normalized spacial score (nSPS) is 29.3. The summed E-state index contributed by atoms with van der Waals surface area (Å²) in [5, 5.41) is 3.17. The Morgan fingerprint density at radius 3 is 2.53 bits per heavy atom. The molecule has 2 fully saturated rings. The van der Waals surface area contributed by atoms with Gasteiger partial charge >= 0.3 is 0 Å². The lowest BCUT2D eigenvalue weighted by atomic mass is 9.85. The Labute approximate surface area is 117 Å². The summed E-state index contributed by atoms with van der Waals surface area (Å²) in [6, 6.07) is 0.167. The van der Waals surface area contributed by atoms with Gasteiger partial charge in [0, 0.05) is 18.5 Å². The van der Waals surface area contributed by atoms with E-state index in [9.17, 15) is 4.79 Å². The van der Waals surface area contributed by atoms with Gasteiger partial charge in [0.25, 0.3) is 0 Å². The van der Waals surface area contributed by atoms with Crippen LogP contribution in [0.5, 0.6) is 0 Å². The molecule has 0 saturated heterocycles. The van der Waals surface area contributed by atoms with Crippen LogP contribution in [0.2, 0.25) is 0 Å². The molecule has 110 valence electrons. The zero-order valence-electron chi connectivity index (χ0n) is 12.5. The predicted octanol–water partition coefficient (Wildman–Crippen LogP) is 2.69. The fourth-order valence-corrected chi connectivity index (χ4v) is 3.69. The van der Waals surface area contributed by atoms with Gasteiger partial charge in [-0.25, -0.2) is 0 Å². The number of hydrogen-bond donors (Lipinski definition) is 2. The average Bonchev–Trinajstić information content (AvgIpc) is 3.18. The van der Waals surface area contributed by atoms with Crippen molar-refractivity contribution in [1.29, 1.82) is 0 Å². The topological polar surface area (TPSA) is 55.1 Å². The number of amides is 1. The zero-order chi connectivity index (χ0) is 13.8. The second-order valence-corrected chi connectivity index (χ2v) is 6.97. The summed E-state index contributed by atoms with van der Waals surface area (Å²) in [6.45, 7) is 4.91. The van der Waals surface area contributed by atoms with Gasteiger partial charge in [0.2, 0.25) is 5.91 Å². The molecular weight excluding hydrogens is 236 g/mol. The number of carbonyl (C=O) groups is 1. The van der Waals surface area contributed by atoms with E-state index in [-0.39, 0.29) is 11.9 Å². The highest BCUT2D eigenvalue weighted by Crippen LogP contribution is 2.49. The lowest BCUT2D eigenvalue weighted by molar-refractivity contribution is -0.123. The highest BCUT2D eigenvalue weighted by atomic mass is 16.2. The third-order valence-electron chi connectivity index (χ3n) is 4.82. The standard InChI is InChI=1S/C16H30N2O/c1-11(2)8-13(10-17)18-16(19)15-9-14(15)12-6-4-3-5-7-12/h11-15H,3-10,17H2,1-2H3,(H,18,19). The van der Waals surface area contributed by atoms with Crippen molar-refractivity contribution in [3.05, 3.63) is 0 Å². The molecule has 3 heteroatoms. The molecular formula is C16H30N2O. The molecule has 3 unspecified atom stereocenters. The zero-order valence-corrected chi connectivity index (χ0v) is 12.5. The second-order valence-electron chi connectivity index (χ2n) is 6.97. The van der Waals surface area contributed by atoms with Crippen molar-refractivity contribution in [2.24, 2.45) is 29.4 Å². The summed E-state index contributed by atoms with van der Waals surface area (Å²) in [5.41, 5.74) is 5.75. The second kappa shape index (κ2) is 6.74. The van der Waals surface area contributed by atoms with Gasteiger partial charge < -0.3 is 11.1 Å². The first-order valence-electron chi connectivity index (χ1n) is 8.12. The van der Waals surface area contributed by atoms with E-state index < -0.39 is 0 Å². The number of rotatable bonds is 6. The van der Waals surface area contributed by atoms with Crippen molar-refractivity contribution in [1.82, 2.24) is 5.32 Å². The number of nitrogens with two attached hydrogens (primary N) is 1. The molecule has 3 N–H and O–H groups in total. The van der Waals surface area contributed by atoms with Crippen LogP contribution in [0.4, 0.5) is 0 Å². The Morgan fingerprint density at radius 1 is 1.26 bits per heavy atom. The molecule has 0 bridgehead atoms. The fraction of sp³-hybridized carbons (Fsp3) is 0.938. The van der Waals surface area contributed by atoms with Crippen molar-refractivity contribution in [3.8, 4) is 0 Å². The van der Waals surface area contributed by atoms with Crippen molar-refractivity contribution in [3.63, 3.8) is 0 Å². The Morgan fingerprint density at radius 2 is 1.95 bits per heavy atom. The maximum absolute atomic E-state index is 12.2. The molecule has 2 aliphatic rings. The van der Waals surface area contributed by atoms with E-state index in [1.54, 1.807) is 0 Å². The van der Waals surface area contributed by atoms with Crippen molar-refractivity contribution in [2.45, 2.75) is 64.8 Å². The minimum absolute atomic E-state index is 0.167. The summed E-state index contributed by atoms with van der Waals surface area (Å²) in [5.74, 6) is 2.65. The van der Waals surface area contributed by atoms with Gasteiger partial charge in [0.1, 0.15) is 0 Å². The summed E-state index contributed by atoms with van der Waals surface area (Å²) in [7, 11) is 0. The Balaban J connectivity index is 1.75. The molecule has 0 aromatic carbocycles. The Bertz CT molecular complexity index is 297. The van der Waals surface area contributed by atoms with E-state index >= 15 is 0 Å². The minimum atomic E-state index is 0.167. The van der Waals surface area contributed by atoms with Gasteiger partial charge in [-0.15, -0.1) is 0 Å². The number of hydrogen-bond acceptors (Lipinski definition) is 2. The summed E-state index contributed by atoms with van der Waals surface area (Å²) >= 11 is 0. The van der Waals surface area contributed by atoms with Gasteiger partial charge in [-0.1, -0.05) is 46.0 Å². The molecule has 19 heavy (non-hydrogen) atoms. The number of nitrogens with one attached hydrogen (secondary N) is 1. The molecule has 3 nitrogen and oxygen atoms in total. The molecule has 0 heterocycles. The average molecular weight is 266 g/mol. The molecule has 0 aromatic heterocycles. The van der Waals surface area contributed by atoms with Crippen molar-refractivity contribution < 1.29 is 4.79 Å². The minimum Gasteiger partial charge on any atom is -0.352 e. The Hall–Kier alpha value is -0.570. The first kappa shape index (κ1) is 14.8. The van der Waals surface area contributed by atoms with Gasteiger partial charge in [-0.05, 0) is 30.6 Å². The molecule has 2 rings (SSSR count). The molecule has 0 aromatic rings. The Kier molecular flexibility index (Phi) is 5.26. The van der Waals surface area contributed by atoms with E-state index in [1.807, 2.05) is 0 Å². The molecule has 3 atom stereocenters. The first-order valence-corrected chi connectivity index (χ1v) is 8.12. The van der Waals surface area contributed by atoms with Gasteiger partial charge in [-0.3, -0.25) is 4.79 Å². The lowest BCUT2D eigenvalue weighted by Crippen LogP contribution is -2.42. The maximum atomic E-state index is 12.2. The van der Waals surface area contributed by atoms with Crippen LogP contribution in [0.3, 0.4) is 0 Å². The SMILES string of the molecule is CC(C)CC(CN)NC(=O)C1CC1C1CCCCC1. The third kappa shape index (κ3) is 4.20. The largest absolute Gasteiger partial charge is 0.352 e. The fourth-order valence-electron chi connectivity index (χ4n) is 3.69. The van der Waals surface area contributed by atoms with Crippen LogP contribution in [-0.4, -0.2) is 18.5 Å². The maximum Gasteiger partial charge on any atom is 0.223 e. The van der Waals surface area contributed by atoms with Crippen LogP contribution in [0.1, 0.15) is 58.8 Å². The van der Waals surface area contributed by atoms with Crippen LogP contribution >= 0.6 is 0 Å². The molecule has 0 spiro atoms. The molecule has 0 aliphatic heterocycles. The van der Waals surface area contributed by atoms with Gasteiger partial charge in [0.15, 0.2) is 0 Å². The smallest absolute Gasteiger partial charge is 0.223 e. The van der Waals surface area contributed by atoms with Crippen LogP contribution in [0, 0.1) is 23.7 Å². The van der Waals surface area contributed by atoms with Gasteiger partial charge in [-0.2, -0.15) is 0 Å². The highest BCUT2D eigenvalue weighted by Gasteiger charge is 2.47. The lowest BCUT2D eigenvalue weighted by Gasteiger charge is -2.22. The van der Waals surface area contributed by atoms with Crippen LogP contribution < -0.4 is 11.1 Å². The summed E-state index contributed by atoms with van der Waals surface area (Å²) < 4.78 is 0. The van der Waals surface area contributed by atoms with Crippen LogP contribution in [-0.2, 0) is 4.79 Å². The van der Waals surface area contributed by atoms with Crippen molar-refractivity contribution in [2.75, 3.05) is 6.54 Å². The molecule has 1 amide bonds. The molecule has 2 aliphatic carbocycles. The quantitative estimate of drug-likeness (QED) is 0.776. The van der Waals surface area contributed by atoms with Crippen molar-refractivity contribution >= 4 is 5.91 Å². The van der Waals surface area contributed by atoms with E-state index in [2.05, 4.69) is 19.2 Å². The summed E-state index contributed by atoms with van der Waals surface area (Å²) in [6.07, 6.45) is 8.94. The van der Waals surface area contributed by atoms with E-state index in [0.29, 0.717) is 24.3 Å². The number of carbonyl (C=O) groups excluding carboxylic acids is 1. The van der Waals surface area contributed by atoms with Crippen LogP contribution in [0.25, 0.3) is 0 Å². The van der Waals surface area contributed by atoms with E-state index in [4.69, 9.17) is 5.73 Å². The molecule has 2 saturated carbocycles. The van der Waals surface area contributed by atoms with Gasteiger partial charge in [0.05, 0.1) is 0 Å². The molecule has 0 radical (unpaired) electrons. The highest BCUT2D eigenvalue weighted by molar-refractivity contribution is 5.81. The summed E-state index contributed by atoms with van der Waals surface area (Å²) in [4.78, 5) is 12.2. The predicted molar refractivity (Wildman–Crippen MR) is 78.6 cm³/mol.